The highest BCUT2D eigenvalue weighted by Crippen LogP contribution is 2.37. The average molecular weight is 417 g/mol. The van der Waals surface area contributed by atoms with E-state index in [-0.39, 0.29) is 6.10 Å². The van der Waals surface area contributed by atoms with Crippen LogP contribution in [0.5, 0.6) is 17.2 Å². The summed E-state index contributed by atoms with van der Waals surface area (Å²) in [5, 5.41) is 5.92. The molecule has 8 nitrogen and oxygen atoms in total. The van der Waals surface area contributed by atoms with Crippen molar-refractivity contribution in [1.29, 1.82) is 0 Å². The number of rotatable bonds is 5. The molecule has 3 aromatic heterocycles. The van der Waals surface area contributed by atoms with Gasteiger partial charge in [-0.3, -0.25) is 9.97 Å². The summed E-state index contributed by atoms with van der Waals surface area (Å²) < 4.78 is 17.0. The Bertz CT molecular complexity index is 1270. The monoisotopic (exact) mass is 417 g/mol. The Hall–Kier alpha value is -3.65. The van der Waals surface area contributed by atoms with Crippen LogP contribution < -0.4 is 25.3 Å². The zero-order valence-corrected chi connectivity index (χ0v) is 17.4. The van der Waals surface area contributed by atoms with Crippen LogP contribution >= 0.6 is 0 Å². The maximum Gasteiger partial charge on any atom is 0.162 e. The molecule has 3 N–H and O–H groups in total. The number of ether oxygens (including phenoxy) is 3. The van der Waals surface area contributed by atoms with Crippen LogP contribution in [-0.4, -0.2) is 48.4 Å². The molecular formula is C23H23N5O3. The Balaban J connectivity index is 1.63. The van der Waals surface area contributed by atoms with Gasteiger partial charge in [-0.25, -0.2) is 4.98 Å². The lowest BCUT2D eigenvalue weighted by atomic mass is 10.0. The van der Waals surface area contributed by atoms with Gasteiger partial charge in [0.05, 0.1) is 31.6 Å². The fourth-order valence-electron chi connectivity index (χ4n) is 3.95. The summed E-state index contributed by atoms with van der Waals surface area (Å²) in [7, 11) is 3.22. The molecule has 0 unspecified atom stereocenters. The van der Waals surface area contributed by atoms with Gasteiger partial charge in [0, 0.05) is 41.3 Å². The van der Waals surface area contributed by atoms with Gasteiger partial charge in [0.1, 0.15) is 17.7 Å². The van der Waals surface area contributed by atoms with Gasteiger partial charge in [-0.2, -0.15) is 0 Å². The Morgan fingerprint density at radius 3 is 2.58 bits per heavy atom. The van der Waals surface area contributed by atoms with E-state index in [1.165, 1.54) is 0 Å². The van der Waals surface area contributed by atoms with Gasteiger partial charge in [-0.15, -0.1) is 0 Å². The van der Waals surface area contributed by atoms with Crippen molar-refractivity contribution in [3.8, 4) is 28.5 Å². The van der Waals surface area contributed by atoms with Gasteiger partial charge in [0.25, 0.3) is 0 Å². The number of benzene rings is 1. The van der Waals surface area contributed by atoms with Crippen LogP contribution in [-0.2, 0) is 0 Å². The van der Waals surface area contributed by atoms with Gasteiger partial charge >= 0.3 is 0 Å². The summed E-state index contributed by atoms with van der Waals surface area (Å²) in [6.45, 7) is 1.81. The highest BCUT2D eigenvalue weighted by molar-refractivity contribution is 6.10. The number of nitrogens with one attached hydrogen (secondary N) is 1. The number of hydrogen-bond donors (Lipinski definition) is 2. The fourth-order valence-corrected chi connectivity index (χ4v) is 3.95. The Morgan fingerprint density at radius 1 is 0.968 bits per heavy atom. The summed E-state index contributed by atoms with van der Waals surface area (Å²) in [6, 6.07) is 7.72. The van der Waals surface area contributed by atoms with E-state index in [2.05, 4.69) is 20.3 Å². The Morgan fingerprint density at radius 2 is 1.81 bits per heavy atom. The van der Waals surface area contributed by atoms with Gasteiger partial charge in [-0.1, -0.05) is 0 Å². The number of pyridine rings is 3. The molecule has 0 spiro atoms. The highest BCUT2D eigenvalue weighted by atomic mass is 16.5. The van der Waals surface area contributed by atoms with Crippen molar-refractivity contribution in [2.24, 2.45) is 0 Å². The van der Waals surface area contributed by atoms with E-state index < -0.39 is 0 Å². The minimum Gasteiger partial charge on any atom is -0.493 e. The lowest BCUT2D eigenvalue weighted by molar-refractivity contribution is 0.222. The smallest absolute Gasteiger partial charge is 0.162 e. The topological polar surface area (TPSA) is 104 Å². The third-order valence-corrected chi connectivity index (χ3v) is 5.54. The third-order valence-electron chi connectivity index (χ3n) is 5.54. The van der Waals surface area contributed by atoms with Gasteiger partial charge in [-0.05, 0) is 36.6 Å². The van der Waals surface area contributed by atoms with Crippen molar-refractivity contribution < 1.29 is 14.2 Å². The predicted octanol–water partition coefficient (Wildman–Crippen LogP) is 3.19. The van der Waals surface area contributed by atoms with Gasteiger partial charge < -0.3 is 25.3 Å². The molecule has 0 bridgehead atoms. The second kappa shape index (κ2) is 7.88. The van der Waals surface area contributed by atoms with Crippen molar-refractivity contribution in [2.45, 2.75) is 12.5 Å². The number of nitrogens with zero attached hydrogens (tertiary/aromatic N) is 3. The van der Waals surface area contributed by atoms with Crippen LogP contribution in [0.1, 0.15) is 6.42 Å². The zero-order chi connectivity index (χ0) is 21.4. The molecule has 0 amide bonds. The van der Waals surface area contributed by atoms with Crippen molar-refractivity contribution in [2.75, 3.05) is 33.0 Å². The van der Waals surface area contributed by atoms with Crippen LogP contribution in [0.2, 0.25) is 0 Å². The number of methoxy groups -OCH3 is 2. The highest BCUT2D eigenvalue weighted by Gasteiger charge is 2.17. The molecule has 0 aliphatic carbocycles. The molecule has 1 fully saturated rings. The van der Waals surface area contributed by atoms with E-state index in [4.69, 9.17) is 19.9 Å². The maximum absolute atomic E-state index is 6.32. The molecule has 0 saturated carbocycles. The molecule has 1 saturated heterocycles. The first-order valence-corrected chi connectivity index (χ1v) is 10.1. The SMILES string of the molecule is COc1cc2ncc3c(N)nc(-c4cncc(O[C@H]5CCNC5)c4)cc3c2cc1OC. The standard InChI is InChI=1S/C23H23N5O3/c1-29-21-7-17-16-6-19(13-5-15(11-26-9-13)31-14-3-4-25-10-14)28-23(24)18(16)12-27-20(17)8-22(21)30-2/h5-9,11-12,14,25H,3-4,10H2,1-2H3,(H2,24,28)/t14-/m0/s1. The lowest BCUT2D eigenvalue weighted by Crippen LogP contribution is -2.19. The molecule has 1 aliphatic rings. The summed E-state index contributed by atoms with van der Waals surface area (Å²) in [6.07, 6.45) is 6.36. The minimum atomic E-state index is 0.157. The quantitative estimate of drug-likeness (QED) is 0.477. The van der Waals surface area contributed by atoms with Crippen LogP contribution in [0.3, 0.4) is 0 Å². The van der Waals surface area contributed by atoms with E-state index in [1.807, 2.05) is 24.3 Å². The Kier molecular flexibility index (Phi) is 4.91. The molecule has 31 heavy (non-hydrogen) atoms. The number of nitrogens with two attached hydrogens (primary N) is 1. The lowest BCUT2D eigenvalue weighted by Gasteiger charge is -2.14. The average Bonchev–Trinajstić information content (AvgIpc) is 3.31. The molecule has 5 rings (SSSR count). The molecule has 158 valence electrons. The first-order valence-electron chi connectivity index (χ1n) is 10.1. The van der Waals surface area contributed by atoms with Crippen LogP contribution in [0.4, 0.5) is 5.82 Å². The molecule has 1 atom stereocenters. The van der Waals surface area contributed by atoms with E-state index in [0.717, 1.165) is 58.2 Å². The van der Waals surface area contributed by atoms with Gasteiger partial charge in [0.2, 0.25) is 0 Å². The predicted molar refractivity (Wildman–Crippen MR) is 120 cm³/mol. The summed E-state index contributed by atoms with van der Waals surface area (Å²) >= 11 is 0. The normalized spacial score (nSPS) is 16.0. The molecular weight excluding hydrogens is 394 g/mol. The summed E-state index contributed by atoms with van der Waals surface area (Å²) in [4.78, 5) is 13.5. The second-order valence-corrected chi connectivity index (χ2v) is 7.48. The van der Waals surface area contributed by atoms with E-state index in [9.17, 15) is 0 Å². The van der Waals surface area contributed by atoms with Crippen LogP contribution in [0, 0.1) is 0 Å². The molecule has 8 heteroatoms. The molecule has 1 aliphatic heterocycles. The van der Waals surface area contributed by atoms with Gasteiger partial charge in [0.15, 0.2) is 11.5 Å². The number of hydrogen-bond acceptors (Lipinski definition) is 8. The number of anilines is 1. The van der Waals surface area contributed by atoms with Crippen molar-refractivity contribution in [3.63, 3.8) is 0 Å². The van der Waals surface area contributed by atoms with E-state index in [0.29, 0.717) is 17.3 Å². The number of fused-ring (bicyclic) bond motifs is 3. The van der Waals surface area contributed by atoms with Crippen molar-refractivity contribution in [3.05, 3.63) is 42.9 Å². The van der Waals surface area contributed by atoms with Crippen LogP contribution in [0.15, 0.2) is 42.9 Å². The molecule has 0 radical (unpaired) electrons. The third kappa shape index (κ3) is 3.55. The first-order chi connectivity index (χ1) is 15.2. The zero-order valence-electron chi connectivity index (χ0n) is 17.4. The molecule has 1 aromatic carbocycles. The largest absolute Gasteiger partial charge is 0.493 e. The van der Waals surface area contributed by atoms with Crippen LogP contribution in [0.25, 0.3) is 32.9 Å². The maximum atomic E-state index is 6.32. The summed E-state index contributed by atoms with van der Waals surface area (Å²) in [5.41, 5.74) is 8.65. The summed E-state index contributed by atoms with van der Waals surface area (Å²) in [5.74, 6) is 2.38. The van der Waals surface area contributed by atoms with Crippen molar-refractivity contribution in [1.82, 2.24) is 20.3 Å². The van der Waals surface area contributed by atoms with E-state index in [1.54, 1.807) is 32.8 Å². The molecule has 4 heterocycles. The van der Waals surface area contributed by atoms with Crippen molar-refractivity contribution >= 4 is 27.5 Å². The Labute approximate surface area is 179 Å². The first kappa shape index (κ1) is 19.3. The molecule has 4 aromatic rings. The fraction of sp³-hybridized carbons (Fsp3) is 0.261. The number of nitrogen functional groups attached to an aromatic ring is 1. The second-order valence-electron chi connectivity index (χ2n) is 7.48. The van der Waals surface area contributed by atoms with E-state index >= 15 is 0 Å². The minimum absolute atomic E-state index is 0.157. The number of aromatic nitrogens is 3.